The molecule has 1 atom stereocenters. The fourth-order valence-electron chi connectivity index (χ4n) is 5.40. The molecule has 8 heteroatoms. The molecule has 0 radical (unpaired) electrons. The third-order valence-corrected chi connectivity index (χ3v) is 9.78. The Hall–Kier alpha value is -3.65. The predicted molar refractivity (Wildman–Crippen MR) is 163 cm³/mol. The van der Waals surface area contributed by atoms with Crippen molar-refractivity contribution in [2.75, 3.05) is 10.8 Å². The van der Waals surface area contributed by atoms with E-state index in [0.717, 1.165) is 47.9 Å². The molecule has 1 fully saturated rings. The molecule has 0 unspecified atom stereocenters. The largest absolute Gasteiger partial charge is 0.352 e. The zero-order valence-electron chi connectivity index (χ0n) is 24.5. The molecule has 0 aromatic heterocycles. The Labute approximate surface area is 244 Å². The summed E-state index contributed by atoms with van der Waals surface area (Å²) < 4.78 is 29.2. The van der Waals surface area contributed by atoms with E-state index in [4.69, 9.17) is 0 Å². The zero-order chi connectivity index (χ0) is 29.6. The smallest absolute Gasteiger partial charge is 0.264 e. The van der Waals surface area contributed by atoms with Gasteiger partial charge in [0.1, 0.15) is 12.6 Å². The number of anilines is 1. The standard InChI is InChI=1S/C33H41N3O4S/c1-24-13-11-15-28(21-24)22-35(27(4)33(38)34-29-16-7-5-8-17-29)32(37)23-36(31-20-12-14-25(2)26(31)3)41(39,40)30-18-9-6-10-19-30/h6,9-15,18-21,27,29H,5,7-8,16-17,22-23H2,1-4H3,(H,34,38)/t27-/m1/s1. The first kappa shape index (κ1) is 30.3. The number of benzene rings is 3. The Bertz CT molecular complexity index is 1470. The lowest BCUT2D eigenvalue weighted by atomic mass is 9.95. The number of hydrogen-bond donors (Lipinski definition) is 1. The van der Waals surface area contributed by atoms with E-state index in [-0.39, 0.29) is 23.4 Å². The molecule has 0 spiro atoms. The van der Waals surface area contributed by atoms with Crippen LogP contribution in [0.1, 0.15) is 61.3 Å². The Kier molecular flexibility index (Phi) is 9.86. The molecule has 1 aliphatic rings. The van der Waals surface area contributed by atoms with E-state index in [2.05, 4.69) is 5.32 Å². The Balaban J connectivity index is 1.70. The molecule has 0 saturated heterocycles. The van der Waals surface area contributed by atoms with Crippen LogP contribution in [-0.2, 0) is 26.2 Å². The lowest BCUT2D eigenvalue weighted by Crippen LogP contribution is -2.53. The highest BCUT2D eigenvalue weighted by atomic mass is 32.2. The van der Waals surface area contributed by atoms with Crippen molar-refractivity contribution in [1.82, 2.24) is 10.2 Å². The molecular formula is C33H41N3O4S. The summed E-state index contributed by atoms with van der Waals surface area (Å²) in [7, 11) is -4.08. The normalized spacial score (nSPS) is 14.7. The number of nitrogens with one attached hydrogen (secondary N) is 1. The Morgan fingerprint density at radius 2 is 1.59 bits per heavy atom. The van der Waals surface area contributed by atoms with Crippen molar-refractivity contribution in [2.45, 2.75) is 83.3 Å². The molecule has 1 N–H and O–H groups in total. The summed E-state index contributed by atoms with van der Waals surface area (Å²) in [6, 6.07) is 20.7. The number of amides is 2. The van der Waals surface area contributed by atoms with E-state index in [0.29, 0.717) is 5.69 Å². The van der Waals surface area contributed by atoms with Gasteiger partial charge in [-0.2, -0.15) is 0 Å². The molecule has 1 aliphatic carbocycles. The highest BCUT2D eigenvalue weighted by Gasteiger charge is 2.33. The second-order valence-electron chi connectivity index (χ2n) is 11.1. The SMILES string of the molecule is Cc1cccc(CN(C(=O)CN(c2cccc(C)c2C)S(=O)(=O)c2ccccc2)[C@H](C)C(=O)NC2CCCCC2)c1. The third kappa shape index (κ3) is 7.36. The molecule has 0 aliphatic heterocycles. The summed E-state index contributed by atoms with van der Waals surface area (Å²) >= 11 is 0. The van der Waals surface area contributed by atoms with Crippen molar-refractivity contribution >= 4 is 27.5 Å². The summed E-state index contributed by atoms with van der Waals surface area (Å²) in [5.41, 5.74) is 4.04. The van der Waals surface area contributed by atoms with Crippen molar-refractivity contribution < 1.29 is 18.0 Å². The number of nitrogens with zero attached hydrogens (tertiary/aromatic N) is 2. The molecule has 0 bridgehead atoms. The van der Waals surface area contributed by atoms with Gasteiger partial charge in [0.2, 0.25) is 11.8 Å². The average Bonchev–Trinajstić information content (AvgIpc) is 2.97. The first-order chi connectivity index (χ1) is 19.6. The maximum atomic E-state index is 14.2. The van der Waals surface area contributed by atoms with Crippen LogP contribution in [0, 0.1) is 20.8 Å². The van der Waals surface area contributed by atoms with Crippen LogP contribution in [-0.4, -0.2) is 43.8 Å². The third-order valence-electron chi connectivity index (χ3n) is 8.01. The average molecular weight is 576 g/mol. The molecule has 1 saturated carbocycles. The number of aryl methyl sites for hydroxylation is 2. The van der Waals surface area contributed by atoms with Crippen molar-refractivity contribution in [3.05, 3.63) is 95.1 Å². The maximum Gasteiger partial charge on any atom is 0.264 e. The highest BCUT2D eigenvalue weighted by molar-refractivity contribution is 7.92. The molecule has 218 valence electrons. The molecule has 41 heavy (non-hydrogen) atoms. The number of carbonyl (C=O) groups excluding carboxylic acids is 2. The number of rotatable bonds is 10. The van der Waals surface area contributed by atoms with E-state index in [1.54, 1.807) is 37.3 Å². The van der Waals surface area contributed by atoms with Crippen LogP contribution in [0.5, 0.6) is 0 Å². The van der Waals surface area contributed by atoms with Gasteiger partial charge in [-0.3, -0.25) is 13.9 Å². The van der Waals surface area contributed by atoms with Gasteiger partial charge in [-0.1, -0.05) is 79.4 Å². The summed E-state index contributed by atoms with van der Waals surface area (Å²) in [6.07, 6.45) is 5.19. The fraction of sp³-hybridized carbons (Fsp3) is 0.394. The number of carbonyl (C=O) groups is 2. The molecule has 3 aromatic carbocycles. The minimum absolute atomic E-state index is 0.0968. The van der Waals surface area contributed by atoms with Crippen LogP contribution < -0.4 is 9.62 Å². The van der Waals surface area contributed by atoms with Gasteiger partial charge in [0.25, 0.3) is 10.0 Å². The van der Waals surface area contributed by atoms with Gasteiger partial charge in [-0.25, -0.2) is 8.42 Å². The monoisotopic (exact) mass is 575 g/mol. The van der Waals surface area contributed by atoms with Crippen LogP contribution in [0.3, 0.4) is 0 Å². The maximum absolute atomic E-state index is 14.2. The topological polar surface area (TPSA) is 86.8 Å². The molecule has 0 heterocycles. The zero-order valence-corrected chi connectivity index (χ0v) is 25.3. The van der Waals surface area contributed by atoms with Gasteiger partial charge in [0.05, 0.1) is 10.6 Å². The van der Waals surface area contributed by atoms with Crippen LogP contribution in [0.2, 0.25) is 0 Å². The second kappa shape index (κ2) is 13.3. The molecule has 3 aromatic rings. The molecular weight excluding hydrogens is 534 g/mol. The van der Waals surface area contributed by atoms with E-state index < -0.39 is 28.5 Å². The van der Waals surface area contributed by atoms with Crippen molar-refractivity contribution in [1.29, 1.82) is 0 Å². The summed E-state index contributed by atoms with van der Waals surface area (Å²) in [5.74, 6) is -0.666. The van der Waals surface area contributed by atoms with Crippen LogP contribution in [0.15, 0.2) is 77.7 Å². The highest BCUT2D eigenvalue weighted by Crippen LogP contribution is 2.29. The first-order valence-electron chi connectivity index (χ1n) is 14.4. The van der Waals surface area contributed by atoms with Crippen LogP contribution in [0.4, 0.5) is 5.69 Å². The fourth-order valence-corrected chi connectivity index (χ4v) is 6.89. The second-order valence-corrected chi connectivity index (χ2v) is 12.9. The summed E-state index contributed by atoms with van der Waals surface area (Å²) in [4.78, 5) is 29.2. The van der Waals surface area contributed by atoms with Crippen LogP contribution >= 0.6 is 0 Å². The Morgan fingerprint density at radius 1 is 0.902 bits per heavy atom. The summed E-state index contributed by atoms with van der Waals surface area (Å²) in [6.45, 7) is 7.21. The van der Waals surface area contributed by atoms with Crippen molar-refractivity contribution in [2.24, 2.45) is 0 Å². The Morgan fingerprint density at radius 3 is 2.27 bits per heavy atom. The predicted octanol–water partition coefficient (Wildman–Crippen LogP) is 5.67. The van der Waals surface area contributed by atoms with Gasteiger partial charge >= 0.3 is 0 Å². The lowest BCUT2D eigenvalue weighted by molar-refractivity contribution is -0.139. The minimum Gasteiger partial charge on any atom is -0.352 e. The van der Waals surface area contributed by atoms with Gasteiger partial charge in [-0.05, 0) is 75.4 Å². The van der Waals surface area contributed by atoms with Gasteiger partial charge in [-0.15, -0.1) is 0 Å². The van der Waals surface area contributed by atoms with Crippen molar-refractivity contribution in [3.8, 4) is 0 Å². The molecule has 2 amide bonds. The lowest BCUT2D eigenvalue weighted by Gasteiger charge is -2.33. The van der Waals surface area contributed by atoms with Gasteiger partial charge in [0, 0.05) is 12.6 Å². The number of sulfonamides is 1. The van der Waals surface area contributed by atoms with Crippen molar-refractivity contribution in [3.63, 3.8) is 0 Å². The quantitative estimate of drug-likeness (QED) is 0.337. The van der Waals surface area contributed by atoms with E-state index in [9.17, 15) is 18.0 Å². The molecule has 4 rings (SSSR count). The molecule has 7 nitrogen and oxygen atoms in total. The van der Waals surface area contributed by atoms with Gasteiger partial charge in [0.15, 0.2) is 0 Å². The van der Waals surface area contributed by atoms with E-state index >= 15 is 0 Å². The van der Waals surface area contributed by atoms with E-state index in [1.165, 1.54) is 27.8 Å². The van der Waals surface area contributed by atoms with E-state index in [1.807, 2.05) is 51.1 Å². The van der Waals surface area contributed by atoms with Gasteiger partial charge < -0.3 is 10.2 Å². The first-order valence-corrected chi connectivity index (χ1v) is 15.8. The summed E-state index contributed by atoms with van der Waals surface area (Å²) in [5, 5.41) is 3.14. The number of hydrogen-bond acceptors (Lipinski definition) is 4. The van der Waals surface area contributed by atoms with Crippen LogP contribution in [0.25, 0.3) is 0 Å². The minimum atomic E-state index is -4.08.